The minimum absolute atomic E-state index is 0.481. The first-order valence-corrected chi connectivity index (χ1v) is 17.7. The fourth-order valence-corrected chi connectivity index (χ4v) is 6.27. The second-order valence-corrected chi connectivity index (χ2v) is 12.7. The highest BCUT2D eigenvalue weighted by atomic mass is 19.2. The minimum Gasteiger partial charge on any atom is -0.397 e. The van der Waals surface area contributed by atoms with Crippen LogP contribution in [-0.2, 0) is 23.7 Å². The molecular formula is C39H50BF2N5O5. The number of aryl methyl sites for hydroxylation is 4. The molecule has 0 unspecified atom stereocenters. The molecule has 0 bridgehead atoms. The highest BCUT2D eigenvalue weighted by molar-refractivity contribution is 6.41. The first-order chi connectivity index (χ1) is 25.2. The molecule has 1 aliphatic heterocycles. The van der Waals surface area contributed by atoms with Gasteiger partial charge in [-0.05, 0) is 85.7 Å². The molecular weight excluding hydrogens is 667 g/mol. The van der Waals surface area contributed by atoms with Crippen LogP contribution in [0.2, 0.25) is 0 Å². The lowest BCUT2D eigenvalue weighted by atomic mass is 9.98. The minimum atomic E-state index is -2.68. The Morgan fingerprint density at radius 2 is 1.23 bits per heavy atom. The number of hydrogen-bond acceptors (Lipinski definition) is 8. The van der Waals surface area contributed by atoms with Crippen LogP contribution in [0.4, 0.5) is 20.0 Å². The largest absolute Gasteiger partial charge is 0.677 e. The fraction of sp³-hybridized carbons (Fsp3) is 0.410. The maximum Gasteiger partial charge on any atom is 0.677 e. The van der Waals surface area contributed by atoms with Gasteiger partial charge >= 0.3 is 7.40 Å². The summed E-state index contributed by atoms with van der Waals surface area (Å²) in [5, 5.41) is 1.57. The summed E-state index contributed by atoms with van der Waals surface area (Å²) in [7, 11) is -2.68. The number of nitrogens with two attached hydrogens (primary N) is 1. The number of ether oxygens (including phenoxy) is 5. The SMILES string of the molecule is Cc1cc(C)c(C(c2c(C)cc(C)n2B(F)F)=c2ccc(=C(N)C=Nc3ccc(N4CCOCCOCCOCCOCCOCC4)cc3)cc2)[nH]1. The first-order valence-electron chi connectivity index (χ1n) is 17.7. The van der Waals surface area contributed by atoms with Gasteiger partial charge in [-0.2, -0.15) is 0 Å². The van der Waals surface area contributed by atoms with Crippen molar-refractivity contribution in [1.29, 1.82) is 0 Å². The Bertz CT molecular complexity index is 1850. The van der Waals surface area contributed by atoms with E-state index in [0.717, 1.165) is 48.8 Å². The van der Waals surface area contributed by atoms with Crippen molar-refractivity contribution in [2.24, 2.45) is 10.7 Å². The molecule has 3 N–H and O–H groups in total. The number of H-pyrrole nitrogens is 1. The molecule has 10 nitrogen and oxygen atoms in total. The van der Waals surface area contributed by atoms with Gasteiger partial charge in [0.15, 0.2) is 0 Å². The van der Waals surface area contributed by atoms with E-state index >= 15 is 0 Å². The Kier molecular flexibility index (Phi) is 14.6. The van der Waals surface area contributed by atoms with E-state index in [4.69, 9.17) is 29.4 Å². The summed E-state index contributed by atoms with van der Waals surface area (Å²) < 4.78 is 58.0. The van der Waals surface area contributed by atoms with E-state index in [-0.39, 0.29) is 0 Å². The van der Waals surface area contributed by atoms with Crippen molar-refractivity contribution in [3.63, 3.8) is 0 Å². The Hall–Kier alpha value is -4.27. The highest BCUT2D eigenvalue weighted by Crippen LogP contribution is 2.29. The number of nitrogens with zero attached hydrogens (tertiary/aromatic N) is 3. The Morgan fingerprint density at radius 3 is 1.73 bits per heavy atom. The molecule has 5 rings (SSSR count). The molecule has 0 aliphatic carbocycles. The zero-order valence-electron chi connectivity index (χ0n) is 30.6. The average Bonchev–Trinajstić information content (AvgIpc) is 3.62. The van der Waals surface area contributed by atoms with Crippen LogP contribution < -0.4 is 21.1 Å². The molecule has 52 heavy (non-hydrogen) atoms. The lowest BCUT2D eigenvalue weighted by molar-refractivity contribution is -0.0116. The number of nitrogens with one attached hydrogen (secondary N) is 1. The zero-order chi connectivity index (χ0) is 36.9. The molecule has 0 spiro atoms. The van der Waals surface area contributed by atoms with E-state index in [1.165, 1.54) is 0 Å². The van der Waals surface area contributed by atoms with Crippen molar-refractivity contribution < 1.29 is 32.3 Å². The van der Waals surface area contributed by atoms with Crippen molar-refractivity contribution in [2.75, 3.05) is 84.1 Å². The third-order valence-corrected chi connectivity index (χ3v) is 8.82. The average molecular weight is 718 g/mol. The van der Waals surface area contributed by atoms with Crippen LogP contribution in [0.15, 0.2) is 65.7 Å². The van der Waals surface area contributed by atoms with Crippen LogP contribution >= 0.6 is 0 Å². The van der Waals surface area contributed by atoms with Gasteiger partial charge in [-0.3, -0.25) is 13.6 Å². The summed E-state index contributed by atoms with van der Waals surface area (Å²) in [6.45, 7) is 14.2. The van der Waals surface area contributed by atoms with Gasteiger partial charge < -0.3 is 43.8 Å². The number of hydrogen-bond donors (Lipinski definition) is 2. The normalized spacial score (nSPS) is 16.1. The lowest BCUT2D eigenvalue weighted by Crippen LogP contribution is -2.31. The Morgan fingerprint density at radius 1 is 0.712 bits per heavy atom. The van der Waals surface area contributed by atoms with Crippen LogP contribution in [0.5, 0.6) is 0 Å². The van der Waals surface area contributed by atoms with E-state index in [9.17, 15) is 8.63 Å². The molecule has 1 fully saturated rings. The summed E-state index contributed by atoms with van der Waals surface area (Å²) in [5.74, 6) is 0. The van der Waals surface area contributed by atoms with E-state index < -0.39 is 7.40 Å². The molecule has 0 radical (unpaired) electrons. The lowest BCUT2D eigenvalue weighted by Gasteiger charge is -2.25. The summed E-state index contributed by atoms with van der Waals surface area (Å²) in [4.78, 5) is 10.2. The van der Waals surface area contributed by atoms with Crippen molar-refractivity contribution in [2.45, 2.75) is 27.7 Å². The number of aliphatic imine (C=N–C) groups is 1. The van der Waals surface area contributed by atoms with Gasteiger partial charge in [0.2, 0.25) is 0 Å². The first kappa shape index (κ1) is 39.0. The molecule has 4 aromatic rings. The van der Waals surface area contributed by atoms with Crippen molar-refractivity contribution in [3.05, 3.63) is 105 Å². The predicted molar refractivity (Wildman–Crippen MR) is 203 cm³/mol. The van der Waals surface area contributed by atoms with Crippen LogP contribution in [0.3, 0.4) is 0 Å². The van der Waals surface area contributed by atoms with Gasteiger partial charge in [0, 0.05) is 41.4 Å². The standard InChI is InChI=1S/C39H50BF2N5O5/c1-28-25-30(3)45-38(28)37(39-29(2)26-31(4)47(39)40(41)42)33-7-5-32(6-8-33)36(43)27-44-34-9-11-35(12-10-34)46-13-15-48-17-19-50-21-23-52-24-22-51-20-18-49-16-14-46/h5-12,25-27,45H,13-24,43H2,1-4H3. The molecule has 3 heterocycles. The predicted octanol–water partition coefficient (Wildman–Crippen LogP) is 4.44. The number of anilines is 1. The number of rotatable bonds is 6. The third-order valence-electron chi connectivity index (χ3n) is 8.82. The molecule has 1 saturated heterocycles. The van der Waals surface area contributed by atoms with Crippen molar-refractivity contribution >= 4 is 36.3 Å². The van der Waals surface area contributed by atoms with E-state index in [2.05, 4.69) is 14.9 Å². The molecule has 278 valence electrons. The van der Waals surface area contributed by atoms with Gasteiger partial charge in [-0.25, -0.2) is 0 Å². The molecule has 13 heteroatoms. The Balaban J connectivity index is 1.33. The molecule has 0 amide bonds. The molecule has 0 atom stereocenters. The van der Waals surface area contributed by atoms with E-state index in [1.54, 1.807) is 19.2 Å². The molecule has 2 aromatic heterocycles. The van der Waals surface area contributed by atoms with Gasteiger partial charge in [-0.15, -0.1) is 0 Å². The molecule has 0 saturated carbocycles. The van der Waals surface area contributed by atoms with Crippen LogP contribution in [-0.4, -0.2) is 102 Å². The van der Waals surface area contributed by atoms with Crippen LogP contribution in [0, 0.1) is 27.7 Å². The van der Waals surface area contributed by atoms with Crippen LogP contribution in [0.1, 0.15) is 33.9 Å². The number of aromatic amines is 1. The van der Waals surface area contributed by atoms with Crippen LogP contribution in [0.25, 0.3) is 11.3 Å². The zero-order valence-corrected chi connectivity index (χ0v) is 30.6. The maximum absolute atomic E-state index is 14.3. The molecule has 2 aromatic carbocycles. The van der Waals surface area contributed by atoms with Crippen molar-refractivity contribution in [3.8, 4) is 0 Å². The quantitative estimate of drug-likeness (QED) is 0.225. The Labute approximate surface area is 305 Å². The smallest absolute Gasteiger partial charge is 0.397 e. The van der Waals surface area contributed by atoms with E-state index in [1.807, 2.05) is 75.4 Å². The van der Waals surface area contributed by atoms with Gasteiger partial charge in [-0.1, -0.05) is 24.3 Å². The summed E-state index contributed by atoms with van der Waals surface area (Å²) in [6, 6.07) is 19.4. The summed E-state index contributed by atoms with van der Waals surface area (Å²) >= 11 is 0. The van der Waals surface area contributed by atoms with Gasteiger partial charge in [0.25, 0.3) is 0 Å². The number of benzene rings is 2. The summed E-state index contributed by atoms with van der Waals surface area (Å²) in [5.41, 5.74) is 14.0. The highest BCUT2D eigenvalue weighted by Gasteiger charge is 2.27. The van der Waals surface area contributed by atoms with E-state index in [0.29, 0.717) is 102 Å². The maximum atomic E-state index is 14.3. The monoisotopic (exact) mass is 717 g/mol. The number of aromatic nitrogens is 2. The van der Waals surface area contributed by atoms with Gasteiger partial charge in [0.05, 0.1) is 89.4 Å². The van der Waals surface area contributed by atoms with Crippen molar-refractivity contribution in [1.82, 2.24) is 9.46 Å². The molecule has 1 aliphatic rings. The summed E-state index contributed by atoms with van der Waals surface area (Å²) in [6.07, 6.45) is 1.64. The number of halogens is 2. The second-order valence-electron chi connectivity index (χ2n) is 12.7. The third kappa shape index (κ3) is 10.6. The second kappa shape index (κ2) is 19.5. The fourth-order valence-electron chi connectivity index (χ4n) is 6.27. The van der Waals surface area contributed by atoms with Gasteiger partial charge in [0.1, 0.15) is 0 Å². The topological polar surface area (TPSA) is 108 Å².